The summed E-state index contributed by atoms with van der Waals surface area (Å²) in [5.41, 5.74) is 1.19. The molecule has 1 aromatic carbocycles. The lowest BCUT2D eigenvalue weighted by Crippen LogP contribution is -2.18. The minimum Gasteiger partial charge on any atom is -0.506 e. The van der Waals surface area contributed by atoms with Gasteiger partial charge >= 0.3 is 0 Å². The zero-order chi connectivity index (χ0) is 13.7. The molecule has 0 atom stereocenters. The Morgan fingerprint density at radius 1 is 1.42 bits per heavy atom. The second kappa shape index (κ2) is 6.54. The van der Waals surface area contributed by atoms with E-state index in [-0.39, 0.29) is 11.7 Å². The number of rotatable bonds is 4. The normalized spacial score (nSPS) is 16.3. The highest BCUT2D eigenvalue weighted by Crippen LogP contribution is 2.30. The SMILES string of the molecule is CCCC(=O)Nc1cc(C2OCCCO2)ccc1O. The number of carbonyl (C=O) groups excluding carboxylic acids is 1. The van der Waals surface area contributed by atoms with Gasteiger partial charge in [-0.15, -0.1) is 0 Å². The van der Waals surface area contributed by atoms with E-state index < -0.39 is 6.29 Å². The smallest absolute Gasteiger partial charge is 0.224 e. The predicted octanol–water partition coefficient (Wildman–Crippen LogP) is 2.57. The Morgan fingerprint density at radius 2 is 2.16 bits per heavy atom. The van der Waals surface area contributed by atoms with Crippen molar-refractivity contribution in [2.75, 3.05) is 18.5 Å². The van der Waals surface area contributed by atoms with E-state index in [9.17, 15) is 9.90 Å². The fourth-order valence-electron chi connectivity index (χ4n) is 1.92. The molecular formula is C14H19NO4. The first-order valence-electron chi connectivity index (χ1n) is 6.56. The Bertz CT molecular complexity index is 441. The molecule has 0 aromatic heterocycles. The van der Waals surface area contributed by atoms with Crippen molar-refractivity contribution in [1.29, 1.82) is 0 Å². The largest absolute Gasteiger partial charge is 0.506 e. The number of phenolic OH excluding ortho intramolecular Hbond substituents is 1. The van der Waals surface area contributed by atoms with Crippen LogP contribution in [-0.4, -0.2) is 24.2 Å². The Kier molecular flexibility index (Phi) is 4.76. The molecule has 0 saturated carbocycles. The number of hydrogen-bond donors (Lipinski definition) is 2. The maximum Gasteiger partial charge on any atom is 0.224 e. The van der Waals surface area contributed by atoms with E-state index in [1.54, 1.807) is 12.1 Å². The lowest BCUT2D eigenvalue weighted by atomic mass is 10.1. The molecular weight excluding hydrogens is 246 g/mol. The Morgan fingerprint density at radius 3 is 2.84 bits per heavy atom. The van der Waals surface area contributed by atoms with E-state index in [1.807, 2.05) is 6.92 Å². The highest BCUT2D eigenvalue weighted by atomic mass is 16.7. The molecule has 1 saturated heterocycles. The van der Waals surface area contributed by atoms with Crippen LogP contribution in [0.3, 0.4) is 0 Å². The molecule has 5 nitrogen and oxygen atoms in total. The molecule has 1 aromatic rings. The van der Waals surface area contributed by atoms with Gasteiger partial charge in [0.05, 0.1) is 18.9 Å². The van der Waals surface area contributed by atoms with Crippen molar-refractivity contribution in [3.63, 3.8) is 0 Å². The quantitative estimate of drug-likeness (QED) is 0.821. The van der Waals surface area contributed by atoms with E-state index in [1.165, 1.54) is 6.07 Å². The van der Waals surface area contributed by atoms with Crippen LogP contribution in [0.25, 0.3) is 0 Å². The van der Waals surface area contributed by atoms with Crippen LogP contribution in [0.1, 0.15) is 38.0 Å². The molecule has 0 aliphatic carbocycles. The van der Waals surface area contributed by atoms with Crippen molar-refractivity contribution >= 4 is 11.6 Å². The van der Waals surface area contributed by atoms with Gasteiger partial charge in [0.2, 0.25) is 5.91 Å². The molecule has 1 amide bonds. The molecule has 1 fully saturated rings. The molecule has 0 spiro atoms. The molecule has 1 aliphatic rings. The number of carbonyl (C=O) groups is 1. The molecule has 0 unspecified atom stereocenters. The summed E-state index contributed by atoms with van der Waals surface area (Å²) in [6, 6.07) is 4.97. The first kappa shape index (κ1) is 13.8. The lowest BCUT2D eigenvalue weighted by molar-refractivity contribution is -0.183. The zero-order valence-electron chi connectivity index (χ0n) is 11.0. The van der Waals surface area contributed by atoms with Gasteiger partial charge < -0.3 is 19.9 Å². The second-order valence-corrected chi connectivity index (χ2v) is 4.50. The van der Waals surface area contributed by atoms with Crippen molar-refractivity contribution in [1.82, 2.24) is 0 Å². The minimum absolute atomic E-state index is 0.0454. The number of ether oxygens (including phenoxy) is 2. The molecule has 2 N–H and O–H groups in total. The third kappa shape index (κ3) is 3.68. The summed E-state index contributed by atoms with van der Waals surface area (Å²) >= 11 is 0. The number of anilines is 1. The Balaban J connectivity index is 2.11. The van der Waals surface area contributed by atoms with Gasteiger partial charge in [0.25, 0.3) is 0 Å². The molecule has 1 heterocycles. The van der Waals surface area contributed by atoms with Crippen LogP contribution < -0.4 is 5.32 Å². The molecule has 1 aliphatic heterocycles. The maximum absolute atomic E-state index is 11.6. The average Bonchev–Trinajstić information content (AvgIpc) is 2.42. The van der Waals surface area contributed by atoms with Gasteiger partial charge in [-0.1, -0.05) is 13.0 Å². The summed E-state index contributed by atoms with van der Waals surface area (Å²) in [7, 11) is 0. The van der Waals surface area contributed by atoms with E-state index in [0.717, 1.165) is 18.4 Å². The van der Waals surface area contributed by atoms with Crippen LogP contribution in [0.2, 0.25) is 0 Å². The Hall–Kier alpha value is -1.59. The van der Waals surface area contributed by atoms with E-state index in [2.05, 4.69) is 5.32 Å². The third-order valence-electron chi connectivity index (χ3n) is 2.87. The minimum atomic E-state index is -0.420. The summed E-state index contributed by atoms with van der Waals surface area (Å²) in [6.07, 6.45) is 1.66. The zero-order valence-corrected chi connectivity index (χ0v) is 11.0. The topological polar surface area (TPSA) is 67.8 Å². The highest BCUT2D eigenvalue weighted by Gasteiger charge is 2.18. The van der Waals surface area contributed by atoms with Crippen molar-refractivity contribution in [2.45, 2.75) is 32.5 Å². The van der Waals surface area contributed by atoms with E-state index in [0.29, 0.717) is 25.3 Å². The van der Waals surface area contributed by atoms with Gasteiger partial charge in [0, 0.05) is 12.0 Å². The number of nitrogens with one attached hydrogen (secondary N) is 1. The van der Waals surface area contributed by atoms with Gasteiger partial charge in [-0.25, -0.2) is 0 Å². The van der Waals surface area contributed by atoms with E-state index >= 15 is 0 Å². The fourth-order valence-corrected chi connectivity index (χ4v) is 1.92. The molecule has 0 radical (unpaired) electrons. The van der Waals surface area contributed by atoms with Gasteiger partial charge in [-0.3, -0.25) is 4.79 Å². The van der Waals surface area contributed by atoms with Crippen LogP contribution in [0.5, 0.6) is 5.75 Å². The van der Waals surface area contributed by atoms with Crippen LogP contribution in [0, 0.1) is 0 Å². The average molecular weight is 265 g/mol. The van der Waals surface area contributed by atoms with Crippen molar-refractivity contribution < 1.29 is 19.4 Å². The summed E-state index contributed by atoms with van der Waals surface area (Å²) < 4.78 is 11.0. The molecule has 19 heavy (non-hydrogen) atoms. The third-order valence-corrected chi connectivity index (χ3v) is 2.87. The molecule has 2 rings (SSSR count). The fraction of sp³-hybridized carbons (Fsp3) is 0.500. The number of amides is 1. The van der Waals surface area contributed by atoms with Gasteiger partial charge in [0.1, 0.15) is 5.75 Å². The number of aromatic hydroxyl groups is 1. The van der Waals surface area contributed by atoms with Crippen LogP contribution in [-0.2, 0) is 14.3 Å². The number of benzene rings is 1. The van der Waals surface area contributed by atoms with Crippen molar-refractivity contribution in [2.24, 2.45) is 0 Å². The van der Waals surface area contributed by atoms with Gasteiger partial charge in [-0.05, 0) is 25.0 Å². The summed E-state index contributed by atoms with van der Waals surface area (Å²) in [4.78, 5) is 11.6. The number of phenols is 1. The molecule has 104 valence electrons. The lowest BCUT2D eigenvalue weighted by Gasteiger charge is -2.24. The van der Waals surface area contributed by atoms with Crippen LogP contribution in [0.4, 0.5) is 5.69 Å². The van der Waals surface area contributed by atoms with Crippen molar-refractivity contribution in [3.05, 3.63) is 23.8 Å². The maximum atomic E-state index is 11.6. The highest BCUT2D eigenvalue weighted by molar-refractivity contribution is 5.92. The summed E-state index contributed by atoms with van der Waals surface area (Å²) in [5.74, 6) is -0.0653. The first-order valence-corrected chi connectivity index (χ1v) is 6.56. The number of hydrogen-bond acceptors (Lipinski definition) is 4. The predicted molar refractivity (Wildman–Crippen MR) is 70.9 cm³/mol. The van der Waals surface area contributed by atoms with E-state index in [4.69, 9.17) is 9.47 Å². The summed E-state index contributed by atoms with van der Waals surface area (Å²) in [6.45, 7) is 3.24. The molecule has 5 heteroatoms. The van der Waals surface area contributed by atoms with Crippen LogP contribution in [0.15, 0.2) is 18.2 Å². The Labute approximate surface area is 112 Å². The second-order valence-electron chi connectivity index (χ2n) is 4.50. The standard InChI is InChI=1S/C14H19NO4/c1-2-4-13(17)15-11-9-10(5-6-12(11)16)14-18-7-3-8-19-14/h5-6,9,14,16H,2-4,7-8H2,1H3,(H,15,17). The van der Waals surface area contributed by atoms with Crippen LogP contribution >= 0.6 is 0 Å². The first-order chi connectivity index (χ1) is 9.20. The molecule has 0 bridgehead atoms. The summed E-state index contributed by atoms with van der Waals surface area (Å²) in [5, 5.41) is 12.4. The van der Waals surface area contributed by atoms with Gasteiger partial charge in [-0.2, -0.15) is 0 Å². The van der Waals surface area contributed by atoms with Gasteiger partial charge in [0.15, 0.2) is 6.29 Å². The van der Waals surface area contributed by atoms with Crippen molar-refractivity contribution in [3.8, 4) is 5.75 Å². The monoisotopic (exact) mass is 265 g/mol.